The van der Waals surface area contributed by atoms with Gasteiger partial charge in [0.05, 0.1) is 6.10 Å². The molecule has 21 heavy (non-hydrogen) atoms. The van der Waals surface area contributed by atoms with Gasteiger partial charge in [0, 0.05) is 24.4 Å². The zero-order chi connectivity index (χ0) is 14.4. The van der Waals surface area contributed by atoms with Crippen molar-refractivity contribution in [3.63, 3.8) is 0 Å². The molecule has 1 spiro atoms. The van der Waals surface area contributed by atoms with Crippen molar-refractivity contribution in [3.05, 3.63) is 70.8 Å². The van der Waals surface area contributed by atoms with Gasteiger partial charge in [-0.15, -0.1) is 0 Å². The average Bonchev–Trinajstić information content (AvgIpc) is 3.05. The summed E-state index contributed by atoms with van der Waals surface area (Å²) in [4.78, 5) is 0. The summed E-state index contributed by atoms with van der Waals surface area (Å²) in [5, 5.41) is 0. The molecule has 3 heteroatoms. The SMILES string of the molecule is COC1c2ccccc2C2C(Cl)(Cl)C23c2ccccc2C13. The van der Waals surface area contributed by atoms with Crippen molar-refractivity contribution in [1.29, 1.82) is 0 Å². The Morgan fingerprint density at radius 3 is 2.24 bits per heavy atom. The van der Waals surface area contributed by atoms with Gasteiger partial charge in [0.2, 0.25) is 0 Å². The van der Waals surface area contributed by atoms with E-state index < -0.39 is 4.33 Å². The van der Waals surface area contributed by atoms with E-state index in [2.05, 4.69) is 48.5 Å². The van der Waals surface area contributed by atoms with Crippen LogP contribution in [0, 0.1) is 0 Å². The summed E-state index contributed by atoms with van der Waals surface area (Å²) in [7, 11) is 1.78. The van der Waals surface area contributed by atoms with E-state index in [4.69, 9.17) is 27.9 Å². The van der Waals surface area contributed by atoms with Crippen LogP contribution in [0.3, 0.4) is 0 Å². The molecule has 3 aliphatic rings. The molecule has 106 valence electrons. The topological polar surface area (TPSA) is 9.23 Å². The van der Waals surface area contributed by atoms with Crippen LogP contribution >= 0.6 is 23.2 Å². The molecule has 3 aliphatic carbocycles. The second-order valence-electron chi connectivity index (χ2n) is 6.28. The lowest BCUT2D eigenvalue weighted by atomic mass is 9.57. The van der Waals surface area contributed by atoms with E-state index in [1.807, 2.05) is 0 Å². The highest BCUT2D eigenvalue weighted by atomic mass is 35.5. The third-order valence-electron chi connectivity index (χ3n) is 5.69. The van der Waals surface area contributed by atoms with E-state index in [1.165, 1.54) is 22.3 Å². The van der Waals surface area contributed by atoms with Crippen molar-refractivity contribution in [1.82, 2.24) is 0 Å². The summed E-state index contributed by atoms with van der Waals surface area (Å²) in [5.74, 6) is 0.435. The van der Waals surface area contributed by atoms with Gasteiger partial charge < -0.3 is 4.74 Å². The molecule has 4 unspecified atom stereocenters. The molecule has 1 saturated carbocycles. The number of hydrogen-bond donors (Lipinski definition) is 0. The second-order valence-corrected chi connectivity index (χ2v) is 7.66. The molecule has 0 saturated heterocycles. The summed E-state index contributed by atoms with van der Waals surface area (Å²) in [6.07, 6.45) is 0.0340. The van der Waals surface area contributed by atoms with Crippen LogP contribution in [0.2, 0.25) is 0 Å². The van der Waals surface area contributed by atoms with Gasteiger partial charge in [-0.1, -0.05) is 71.7 Å². The average molecular weight is 317 g/mol. The predicted molar refractivity (Wildman–Crippen MR) is 84.2 cm³/mol. The summed E-state index contributed by atoms with van der Waals surface area (Å²) in [6.45, 7) is 0. The van der Waals surface area contributed by atoms with Gasteiger partial charge in [-0.3, -0.25) is 0 Å². The van der Waals surface area contributed by atoms with Gasteiger partial charge in [0.25, 0.3) is 0 Å². The third kappa shape index (κ3) is 1.12. The Kier molecular flexibility index (Phi) is 2.18. The number of alkyl halides is 2. The highest BCUT2D eigenvalue weighted by molar-refractivity contribution is 6.53. The Hall–Kier alpha value is -1.02. The fourth-order valence-electron chi connectivity index (χ4n) is 4.94. The predicted octanol–water partition coefficient (Wildman–Crippen LogP) is 4.69. The first-order valence-corrected chi connectivity index (χ1v) is 8.00. The largest absolute Gasteiger partial charge is 0.376 e. The molecule has 1 nitrogen and oxygen atoms in total. The zero-order valence-corrected chi connectivity index (χ0v) is 13.0. The lowest BCUT2D eigenvalue weighted by Crippen LogP contribution is -2.42. The van der Waals surface area contributed by atoms with Crippen LogP contribution in [-0.4, -0.2) is 11.4 Å². The normalized spacial score (nSPS) is 36.6. The lowest BCUT2D eigenvalue weighted by Gasteiger charge is -2.48. The summed E-state index contributed by atoms with van der Waals surface area (Å²) >= 11 is 13.6. The first-order chi connectivity index (χ1) is 10.2. The van der Waals surface area contributed by atoms with Gasteiger partial charge in [-0.2, -0.15) is 0 Å². The maximum Gasteiger partial charge on any atom is 0.137 e. The minimum absolute atomic E-state index is 0.0340. The molecular formula is C18H14Cl2O. The summed E-state index contributed by atoms with van der Waals surface area (Å²) in [6, 6.07) is 16.9. The van der Waals surface area contributed by atoms with Crippen LogP contribution in [0.5, 0.6) is 0 Å². The summed E-state index contributed by atoms with van der Waals surface area (Å²) in [5.41, 5.74) is 4.97. The van der Waals surface area contributed by atoms with E-state index in [0.717, 1.165) is 0 Å². The van der Waals surface area contributed by atoms with E-state index in [1.54, 1.807) is 7.11 Å². The number of halogens is 2. The number of benzene rings is 2. The standard InChI is InChI=1S/C18H14Cl2O/c1-21-15-10-6-2-3-7-11(10)16-17(18(16,19)20)13-9-5-4-8-12(13)14(15)17/h2-9,14-16H,1H3. The Balaban J connectivity index is 1.83. The Morgan fingerprint density at radius 2 is 1.52 bits per heavy atom. The minimum Gasteiger partial charge on any atom is -0.376 e. The number of fused-ring (bicyclic) bond motifs is 4. The van der Waals surface area contributed by atoms with E-state index in [0.29, 0.717) is 0 Å². The van der Waals surface area contributed by atoms with Crippen LogP contribution < -0.4 is 0 Å². The van der Waals surface area contributed by atoms with Crippen LogP contribution in [0.15, 0.2) is 48.5 Å². The summed E-state index contributed by atoms with van der Waals surface area (Å²) < 4.78 is 5.15. The fourth-order valence-corrected chi connectivity index (χ4v) is 6.07. The number of rotatable bonds is 1. The molecule has 2 aromatic carbocycles. The number of methoxy groups -OCH3 is 1. The van der Waals surface area contributed by atoms with E-state index in [-0.39, 0.29) is 23.4 Å². The second kappa shape index (κ2) is 3.65. The molecule has 0 aliphatic heterocycles. The maximum absolute atomic E-state index is 6.79. The first-order valence-electron chi connectivity index (χ1n) is 7.24. The van der Waals surface area contributed by atoms with Crippen molar-refractivity contribution in [2.24, 2.45) is 0 Å². The quantitative estimate of drug-likeness (QED) is 0.693. The van der Waals surface area contributed by atoms with Crippen LogP contribution in [0.4, 0.5) is 0 Å². The number of ether oxygens (including phenoxy) is 1. The molecule has 1 fully saturated rings. The Morgan fingerprint density at radius 1 is 0.905 bits per heavy atom. The molecule has 0 heterocycles. The highest BCUT2D eigenvalue weighted by Gasteiger charge is 2.86. The van der Waals surface area contributed by atoms with E-state index >= 15 is 0 Å². The molecule has 4 atom stereocenters. The van der Waals surface area contributed by atoms with Crippen molar-refractivity contribution in [2.45, 2.75) is 27.7 Å². The fraction of sp³-hybridized carbons (Fsp3) is 0.333. The molecule has 5 rings (SSSR count). The molecule has 2 aromatic rings. The van der Waals surface area contributed by atoms with Crippen molar-refractivity contribution < 1.29 is 4.74 Å². The first kappa shape index (κ1) is 12.5. The molecular weight excluding hydrogens is 303 g/mol. The monoisotopic (exact) mass is 316 g/mol. The van der Waals surface area contributed by atoms with Crippen molar-refractivity contribution in [3.8, 4) is 0 Å². The molecule has 0 bridgehead atoms. The molecule has 0 N–H and O–H groups in total. The van der Waals surface area contributed by atoms with Gasteiger partial charge in [-0.05, 0) is 22.3 Å². The van der Waals surface area contributed by atoms with Crippen molar-refractivity contribution >= 4 is 23.2 Å². The minimum atomic E-state index is -0.727. The van der Waals surface area contributed by atoms with Gasteiger partial charge in [0.15, 0.2) is 0 Å². The molecule has 0 radical (unpaired) electrons. The van der Waals surface area contributed by atoms with Crippen LogP contribution in [0.25, 0.3) is 0 Å². The Bertz CT molecular complexity index is 769. The van der Waals surface area contributed by atoms with Gasteiger partial charge in [-0.25, -0.2) is 0 Å². The van der Waals surface area contributed by atoms with Gasteiger partial charge >= 0.3 is 0 Å². The highest BCUT2D eigenvalue weighted by Crippen LogP contribution is 2.87. The van der Waals surface area contributed by atoms with Gasteiger partial charge in [0.1, 0.15) is 4.33 Å². The third-order valence-corrected chi connectivity index (χ3v) is 6.75. The Labute approximate surface area is 133 Å². The molecule has 0 aromatic heterocycles. The number of hydrogen-bond acceptors (Lipinski definition) is 1. The molecule has 0 amide bonds. The zero-order valence-electron chi connectivity index (χ0n) is 11.5. The lowest BCUT2D eigenvalue weighted by molar-refractivity contribution is 0.0477. The van der Waals surface area contributed by atoms with Crippen molar-refractivity contribution in [2.75, 3.05) is 7.11 Å². The van der Waals surface area contributed by atoms with Crippen LogP contribution in [0.1, 0.15) is 40.2 Å². The smallest absolute Gasteiger partial charge is 0.137 e. The van der Waals surface area contributed by atoms with Crippen LogP contribution in [-0.2, 0) is 10.2 Å². The maximum atomic E-state index is 6.79. The van der Waals surface area contributed by atoms with E-state index in [9.17, 15) is 0 Å².